The van der Waals surface area contributed by atoms with Crippen LogP contribution in [0, 0.1) is 23.1 Å². The monoisotopic (exact) mass is 453 g/mol. The number of amides is 1. The van der Waals surface area contributed by atoms with Crippen LogP contribution < -0.4 is 5.32 Å². The number of nitriles is 1. The van der Waals surface area contributed by atoms with Gasteiger partial charge in [-0.2, -0.15) is 9.57 Å². The summed E-state index contributed by atoms with van der Waals surface area (Å²) in [6.45, 7) is 0.00554. The lowest BCUT2D eigenvalue weighted by Gasteiger charge is -2.18. The molecule has 32 heavy (non-hydrogen) atoms. The first-order chi connectivity index (χ1) is 15.3. The highest BCUT2D eigenvalue weighted by molar-refractivity contribution is 7.89. The summed E-state index contributed by atoms with van der Waals surface area (Å²) in [4.78, 5) is 17.1. The van der Waals surface area contributed by atoms with Gasteiger partial charge < -0.3 is 9.88 Å². The van der Waals surface area contributed by atoms with Gasteiger partial charge in [-0.05, 0) is 35.9 Å². The fourth-order valence-electron chi connectivity index (χ4n) is 3.83. The van der Waals surface area contributed by atoms with Crippen LogP contribution >= 0.6 is 0 Å². The summed E-state index contributed by atoms with van der Waals surface area (Å²) in [5.74, 6) is -2.00. The van der Waals surface area contributed by atoms with Gasteiger partial charge in [-0.3, -0.25) is 4.79 Å². The van der Waals surface area contributed by atoms with E-state index in [1.165, 1.54) is 33.5 Å². The molecule has 10 heteroatoms. The number of benzene rings is 2. The van der Waals surface area contributed by atoms with E-state index in [1.807, 2.05) is 6.07 Å². The van der Waals surface area contributed by atoms with E-state index in [0.29, 0.717) is 16.8 Å². The molecule has 0 aliphatic carbocycles. The molecule has 1 fully saturated rings. The van der Waals surface area contributed by atoms with Gasteiger partial charge >= 0.3 is 0 Å². The SMILES string of the molecule is Cn1cnc(S(=O)(=O)N2CC(C(=O)Nc3cccc(C#N)c3)C(c3ccc(F)cc3)C2)c1. The van der Waals surface area contributed by atoms with Crippen LogP contribution in [-0.4, -0.2) is 41.3 Å². The average Bonchev–Trinajstić information content (AvgIpc) is 3.42. The molecule has 2 aromatic carbocycles. The van der Waals surface area contributed by atoms with Crippen LogP contribution in [0.25, 0.3) is 0 Å². The van der Waals surface area contributed by atoms with Crippen LogP contribution in [0.5, 0.6) is 0 Å². The number of nitrogens with zero attached hydrogens (tertiary/aromatic N) is 4. The van der Waals surface area contributed by atoms with Crippen molar-refractivity contribution in [1.29, 1.82) is 5.26 Å². The summed E-state index contributed by atoms with van der Waals surface area (Å²) in [5, 5.41) is 11.8. The van der Waals surface area contributed by atoms with Crippen molar-refractivity contribution in [3.8, 4) is 6.07 Å². The number of carbonyl (C=O) groups excluding carboxylic acids is 1. The molecule has 164 valence electrons. The first-order valence-electron chi connectivity index (χ1n) is 9.82. The third kappa shape index (κ3) is 4.26. The Hall–Kier alpha value is -3.55. The van der Waals surface area contributed by atoms with Crippen molar-refractivity contribution in [3.05, 3.63) is 78.0 Å². The summed E-state index contributed by atoms with van der Waals surface area (Å²) in [7, 11) is -2.24. The molecule has 1 saturated heterocycles. The fraction of sp³-hybridized carbons (Fsp3) is 0.227. The molecule has 2 heterocycles. The largest absolute Gasteiger partial charge is 0.339 e. The zero-order valence-corrected chi connectivity index (χ0v) is 18.0. The zero-order valence-electron chi connectivity index (χ0n) is 17.1. The van der Waals surface area contributed by atoms with Crippen molar-refractivity contribution < 1.29 is 17.6 Å². The molecular formula is C22H20FN5O3S. The lowest BCUT2D eigenvalue weighted by molar-refractivity contribution is -0.119. The van der Waals surface area contributed by atoms with Crippen LogP contribution in [0.1, 0.15) is 17.0 Å². The first kappa shape index (κ1) is 21.7. The minimum Gasteiger partial charge on any atom is -0.339 e. The number of hydrogen-bond acceptors (Lipinski definition) is 5. The van der Waals surface area contributed by atoms with E-state index >= 15 is 0 Å². The minimum atomic E-state index is -3.91. The molecule has 1 aromatic heterocycles. The number of rotatable bonds is 5. The van der Waals surface area contributed by atoms with Gasteiger partial charge in [0.15, 0.2) is 5.03 Å². The summed E-state index contributed by atoms with van der Waals surface area (Å²) >= 11 is 0. The molecule has 0 bridgehead atoms. The molecular weight excluding hydrogens is 433 g/mol. The Labute approximate surface area is 185 Å². The van der Waals surface area contributed by atoms with Gasteiger partial charge in [-0.15, -0.1) is 0 Å². The van der Waals surface area contributed by atoms with E-state index in [-0.39, 0.29) is 24.0 Å². The fourth-order valence-corrected chi connectivity index (χ4v) is 5.29. The maximum atomic E-state index is 13.5. The van der Waals surface area contributed by atoms with E-state index < -0.39 is 27.7 Å². The minimum absolute atomic E-state index is 0.0509. The van der Waals surface area contributed by atoms with Gasteiger partial charge in [0.25, 0.3) is 10.0 Å². The van der Waals surface area contributed by atoms with E-state index in [4.69, 9.17) is 5.26 Å². The first-order valence-corrected chi connectivity index (χ1v) is 11.3. The zero-order chi connectivity index (χ0) is 22.9. The third-order valence-electron chi connectivity index (χ3n) is 5.47. The maximum absolute atomic E-state index is 13.5. The van der Waals surface area contributed by atoms with Crippen LogP contribution in [0.3, 0.4) is 0 Å². The van der Waals surface area contributed by atoms with Crippen molar-refractivity contribution >= 4 is 21.6 Å². The Morgan fingerprint density at radius 3 is 2.62 bits per heavy atom. The van der Waals surface area contributed by atoms with Crippen molar-refractivity contribution in [3.63, 3.8) is 0 Å². The highest BCUT2D eigenvalue weighted by Gasteiger charge is 2.44. The van der Waals surface area contributed by atoms with E-state index in [2.05, 4.69) is 10.3 Å². The third-order valence-corrected chi connectivity index (χ3v) is 7.18. The highest BCUT2D eigenvalue weighted by Crippen LogP contribution is 2.36. The molecule has 1 aliphatic rings. The van der Waals surface area contributed by atoms with Gasteiger partial charge in [0.1, 0.15) is 5.82 Å². The van der Waals surface area contributed by atoms with Gasteiger partial charge in [0.05, 0.1) is 23.9 Å². The second-order valence-corrected chi connectivity index (χ2v) is 9.53. The summed E-state index contributed by atoms with van der Waals surface area (Å²) in [6, 6.07) is 14.2. The molecule has 4 rings (SSSR count). The van der Waals surface area contributed by atoms with Gasteiger partial charge in [-0.1, -0.05) is 18.2 Å². The number of aromatic nitrogens is 2. The molecule has 2 atom stereocenters. The van der Waals surface area contributed by atoms with Gasteiger partial charge in [0, 0.05) is 37.9 Å². The Morgan fingerprint density at radius 1 is 1.22 bits per heavy atom. The molecule has 1 aliphatic heterocycles. The predicted molar refractivity (Wildman–Crippen MR) is 114 cm³/mol. The second-order valence-electron chi connectivity index (χ2n) is 7.65. The number of carbonyl (C=O) groups is 1. The maximum Gasteiger partial charge on any atom is 0.262 e. The Bertz CT molecular complexity index is 1300. The average molecular weight is 453 g/mol. The van der Waals surface area contributed by atoms with Gasteiger partial charge in [-0.25, -0.2) is 17.8 Å². The Kier molecular flexibility index (Phi) is 5.78. The van der Waals surface area contributed by atoms with Crippen LogP contribution in [-0.2, 0) is 21.9 Å². The standard InChI is InChI=1S/C22H20FN5O3S/c1-27-13-21(25-14-27)32(30,31)28-11-19(16-5-7-17(23)8-6-16)20(12-28)22(29)26-18-4-2-3-15(9-18)10-24/h2-9,13-14,19-20H,11-12H2,1H3,(H,26,29). The number of nitrogens with one attached hydrogen (secondary N) is 1. The molecule has 1 N–H and O–H groups in total. The molecule has 0 spiro atoms. The summed E-state index contributed by atoms with van der Waals surface area (Å²) < 4.78 is 42.4. The number of imidazole rings is 1. The summed E-state index contributed by atoms with van der Waals surface area (Å²) in [5.41, 5.74) is 1.50. The number of hydrogen-bond donors (Lipinski definition) is 1. The highest BCUT2D eigenvalue weighted by atomic mass is 32.2. The topological polar surface area (TPSA) is 108 Å². The number of halogens is 1. The van der Waals surface area contributed by atoms with Crippen molar-refractivity contribution in [2.45, 2.75) is 10.9 Å². The van der Waals surface area contributed by atoms with Crippen molar-refractivity contribution in [2.75, 3.05) is 18.4 Å². The van der Waals surface area contributed by atoms with Crippen LogP contribution in [0.15, 0.2) is 66.1 Å². The lowest BCUT2D eigenvalue weighted by atomic mass is 9.88. The second kappa shape index (κ2) is 8.53. The molecule has 1 amide bonds. The van der Waals surface area contributed by atoms with Crippen molar-refractivity contribution in [1.82, 2.24) is 13.9 Å². The van der Waals surface area contributed by atoms with E-state index in [1.54, 1.807) is 43.4 Å². The molecule has 3 aromatic rings. The van der Waals surface area contributed by atoms with Crippen LogP contribution in [0.4, 0.5) is 10.1 Å². The van der Waals surface area contributed by atoms with E-state index in [0.717, 1.165) is 0 Å². The van der Waals surface area contributed by atoms with Gasteiger partial charge in [0.2, 0.25) is 5.91 Å². The normalized spacial score (nSPS) is 18.9. The smallest absolute Gasteiger partial charge is 0.262 e. The quantitative estimate of drug-likeness (QED) is 0.639. The number of sulfonamides is 1. The predicted octanol–water partition coefficient (Wildman–Crippen LogP) is 2.47. The Balaban J connectivity index is 1.65. The van der Waals surface area contributed by atoms with E-state index in [9.17, 15) is 17.6 Å². The molecule has 8 nitrogen and oxygen atoms in total. The number of aryl methyl sites for hydroxylation is 1. The van der Waals surface area contributed by atoms with Crippen molar-refractivity contribution in [2.24, 2.45) is 13.0 Å². The number of anilines is 1. The summed E-state index contributed by atoms with van der Waals surface area (Å²) in [6.07, 6.45) is 2.80. The Morgan fingerprint density at radius 2 is 1.97 bits per heavy atom. The molecule has 0 saturated carbocycles. The molecule has 2 unspecified atom stereocenters. The molecule has 0 radical (unpaired) electrons. The lowest BCUT2D eigenvalue weighted by Crippen LogP contribution is -2.32. The van der Waals surface area contributed by atoms with Crippen LogP contribution in [0.2, 0.25) is 0 Å².